The van der Waals surface area contributed by atoms with Gasteiger partial charge in [-0.1, -0.05) is 6.42 Å². The maximum atomic E-state index is 14.1. The van der Waals surface area contributed by atoms with E-state index in [1.54, 1.807) is 17.1 Å². The van der Waals surface area contributed by atoms with Gasteiger partial charge in [0.1, 0.15) is 11.4 Å². The first-order valence-electron chi connectivity index (χ1n) is 10.9. The lowest BCUT2D eigenvalue weighted by atomic mass is 9.76. The van der Waals surface area contributed by atoms with Crippen LogP contribution in [0.2, 0.25) is 0 Å². The average Bonchev–Trinajstić information content (AvgIpc) is 3.21. The number of hydrogen-bond acceptors (Lipinski definition) is 6. The molecule has 3 aliphatic rings. The molecule has 0 amide bonds. The van der Waals surface area contributed by atoms with Crippen molar-refractivity contribution < 1.29 is 13.5 Å². The van der Waals surface area contributed by atoms with Crippen molar-refractivity contribution in [3.8, 4) is 5.82 Å². The van der Waals surface area contributed by atoms with Gasteiger partial charge in [0.25, 0.3) is 0 Å². The number of nitrogens with zero attached hydrogens (tertiary/aromatic N) is 5. The monoisotopic (exact) mass is 429 g/mol. The predicted octanol–water partition coefficient (Wildman–Crippen LogP) is 2.96. The van der Waals surface area contributed by atoms with E-state index in [0.29, 0.717) is 31.7 Å². The maximum absolute atomic E-state index is 14.1. The first-order valence-corrected chi connectivity index (χ1v) is 10.9. The van der Waals surface area contributed by atoms with Crippen LogP contribution < -0.4 is 10.2 Å². The van der Waals surface area contributed by atoms with E-state index in [1.807, 2.05) is 6.07 Å². The highest BCUT2D eigenvalue weighted by Gasteiger charge is 2.71. The minimum atomic E-state index is -2.76. The predicted molar refractivity (Wildman–Crippen MR) is 111 cm³/mol. The number of morpholine rings is 1. The van der Waals surface area contributed by atoms with Gasteiger partial charge in [-0.25, -0.2) is 10.3 Å². The number of aromatic nitrogens is 5. The highest BCUT2D eigenvalue weighted by Crippen LogP contribution is 2.55. The van der Waals surface area contributed by atoms with Crippen molar-refractivity contribution in [1.29, 1.82) is 0 Å². The first-order chi connectivity index (χ1) is 15.0. The summed E-state index contributed by atoms with van der Waals surface area (Å²) < 4.78 is 35.6. The van der Waals surface area contributed by atoms with E-state index >= 15 is 0 Å². The summed E-state index contributed by atoms with van der Waals surface area (Å²) in [6.07, 6.45) is 6.06. The standard InChI is InChI=1S/C21H25F2N7O/c1-13-12-31-8-7-29(13)18-9-15(14-3-2-5-20(10-14)21(22,23)28-20)16-11-25-30(19(16)26-18)17-4-6-24-27-17/h4,6,9,11,13-14,28H,2-3,5,7-8,10,12H2,1H3,(H,24,27)/t13-,14-,20-/m1/s1. The minimum absolute atomic E-state index is 0.0228. The second-order valence-corrected chi connectivity index (χ2v) is 9.00. The van der Waals surface area contributed by atoms with Crippen LogP contribution in [0, 0.1) is 0 Å². The van der Waals surface area contributed by atoms with Gasteiger partial charge in [-0.05, 0) is 43.7 Å². The van der Waals surface area contributed by atoms with E-state index in [4.69, 9.17) is 9.72 Å². The van der Waals surface area contributed by atoms with Crippen LogP contribution in [-0.2, 0) is 4.74 Å². The fourth-order valence-corrected chi connectivity index (χ4v) is 5.31. The van der Waals surface area contributed by atoms with Crippen LogP contribution in [0.4, 0.5) is 14.6 Å². The Labute approximate surface area is 178 Å². The smallest absolute Gasteiger partial charge is 0.321 e. The van der Waals surface area contributed by atoms with Crippen molar-refractivity contribution in [2.75, 3.05) is 24.7 Å². The number of ether oxygens (including phenoxy) is 1. The Hall–Kier alpha value is -2.59. The highest BCUT2D eigenvalue weighted by molar-refractivity contribution is 5.83. The van der Waals surface area contributed by atoms with Crippen molar-refractivity contribution in [2.24, 2.45) is 0 Å². The summed E-state index contributed by atoms with van der Waals surface area (Å²) in [5, 5.41) is 14.9. The molecule has 2 aliphatic heterocycles. The average molecular weight is 429 g/mol. The Kier molecular flexibility index (Phi) is 4.13. The molecular formula is C21H25F2N7O. The summed E-state index contributed by atoms with van der Waals surface area (Å²) in [6.45, 7) is 4.13. The molecule has 2 saturated heterocycles. The van der Waals surface area contributed by atoms with Crippen molar-refractivity contribution in [2.45, 2.75) is 56.2 Å². The third kappa shape index (κ3) is 2.95. The highest BCUT2D eigenvalue weighted by atomic mass is 19.3. The van der Waals surface area contributed by atoms with Crippen molar-refractivity contribution >= 4 is 16.9 Å². The number of hydrogen-bond donors (Lipinski definition) is 2. The minimum Gasteiger partial charge on any atom is -0.377 e. The summed E-state index contributed by atoms with van der Waals surface area (Å²) >= 11 is 0. The third-order valence-corrected chi connectivity index (χ3v) is 7.06. The van der Waals surface area contributed by atoms with Crippen LogP contribution in [0.15, 0.2) is 24.5 Å². The molecule has 2 N–H and O–H groups in total. The first kappa shape index (κ1) is 19.1. The van der Waals surface area contributed by atoms with Gasteiger partial charge < -0.3 is 9.64 Å². The molecule has 3 fully saturated rings. The molecule has 3 atom stereocenters. The van der Waals surface area contributed by atoms with Crippen LogP contribution in [0.5, 0.6) is 0 Å². The molecule has 0 radical (unpaired) electrons. The lowest BCUT2D eigenvalue weighted by Gasteiger charge is -2.35. The van der Waals surface area contributed by atoms with Gasteiger partial charge in [0.15, 0.2) is 11.5 Å². The van der Waals surface area contributed by atoms with Crippen molar-refractivity contribution in [3.05, 3.63) is 30.1 Å². The molecule has 1 spiro atoms. The molecule has 0 unspecified atom stereocenters. The molecule has 31 heavy (non-hydrogen) atoms. The summed E-state index contributed by atoms with van der Waals surface area (Å²) in [4.78, 5) is 7.20. The van der Waals surface area contributed by atoms with E-state index in [0.717, 1.165) is 42.0 Å². The van der Waals surface area contributed by atoms with Gasteiger partial charge in [0, 0.05) is 18.0 Å². The molecule has 3 aromatic heterocycles. The van der Waals surface area contributed by atoms with Crippen LogP contribution in [0.1, 0.15) is 44.1 Å². The quantitative estimate of drug-likeness (QED) is 0.491. The topological polar surface area (TPSA) is 93.8 Å². The van der Waals surface area contributed by atoms with Crippen LogP contribution in [0.25, 0.3) is 16.9 Å². The van der Waals surface area contributed by atoms with Gasteiger partial charge in [-0.15, -0.1) is 0 Å². The maximum Gasteiger partial charge on any atom is 0.321 e. The Bertz CT molecular complexity index is 1110. The number of halogens is 2. The van der Waals surface area contributed by atoms with E-state index < -0.39 is 11.6 Å². The molecule has 8 nitrogen and oxygen atoms in total. The number of pyridine rings is 1. The Balaban J connectivity index is 1.48. The molecule has 1 saturated carbocycles. The number of alkyl halides is 2. The zero-order chi connectivity index (χ0) is 21.2. The second-order valence-electron chi connectivity index (χ2n) is 9.00. The summed E-state index contributed by atoms with van der Waals surface area (Å²) in [7, 11) is 0. The van der Waals surface area contributed by atoms with E-state index in [-0.39, 0.29) is 12.0 Å². The molecule has 0 aromatic carbocycles. The van der Waals surface area contributed by atoms with Crippen LogP contribution in [-0.4, -0.2) is 62.3 Å². The number of H-pyrrole nitrogens is 1. The lowest BCUT2D eigenvalue weighted by Crippen LogP contribution is -2.44. The summed E-state index contributed by atoms with van der Waals surface area (Å²) in [5.74, 6) is 1.58. The van der Waals surface area contributed by atoms with Gasteiger partial charge in [-0.3, -0.25) is 5.10 Å². The van der Waals surface area contributed by atoms with E-state index in [2.05, 4.69) is 38.5 Å². The Morgan fingerprint density at radius 3 is 2.94 bits per heavy atom. The summed E-state index contributed by atoms with van der Waals surface area (Å²) in [6, 6.07) is 1.34. The summed E-state index contributed by atoms with van der Waals surface area (Å²) in [5.41, 5.74) is 0.704. The number of nitrogens with one attached hydrogen (secondary N) is 2. The van der Waals surface area contributed by atoms with E-state index in [9.17, 15) is 8.78 Å². The third-order valence-electron chi connectivity index (χ3n) is 7.06. The number of fused-ring (bicyclic) bond motifs is 1. The largest absolute Gasteiger partial charge is 0.377 e. The van der Waals surface area contributed by atoms with Gasteiger partial charge in [0.2, 0.25) is 0 Å². The number of anilines is 1. The van der Waals surface area contributed by atoms with Crippen LogP contribution >= 0.6 is 0 Å². The fourth-order valence-electron chi connectivity index (χ4n) is 5.31. The van der Waals surface area contributed by atoms with E-state index in [1.165, 1.54) is 0 Å². The molecular weight excluding hydrogens is 404 g/mol. The van der Waals surface area contributed by atoms with Gasteiger partial charge in [-0.2, -0.15) is 23.7 Å². The normalized spacial score (nSPS) is 30.2. The zero-order valence-electron chi connectivity index (χ0n) is 17.3. The van der Waals surface area contributed by atoms with Crippen molar-refractivity contribution in [1.82, 2.24) is 30.3 Å². The zero-order valence-corrected chi connectivity index (χ0v) is 17.3. The molecule has 1 aliphatic carbocycles. The van der Waals surface area contributed by atoms with Gasteiger partial charge in [0.05, 0.1) is 31.6 Å². The Morgan fingerprint density at radius 1 is 1.32 bits per heavy atom. The lowest BCUT2D eigenvalue weighted by molar-refractivity contribution is 0.0700. The number of aromatic amines is 1. The van der Waals surface area contributed by atoms with Gasteiger partial charge >= 0.3 is 6.05 Å². The number of rotatable bonds is 3. The second kappa shape index (κ2) is 6.70. The molecule has 6 rings (SSSR count). The molecule has 3 aromatic rings. The molecule has 10 heteroatoms. The fraction of sp³-hybridized carbons (Fsp3) is 0.571. The molecule has 5 heterocycles. The van der Waals surface area contributed by atoms with Crippen LogP contribution in [0.3, 0.4) is 0 Å². The molecule has 164 valence electrons. The van der Waals surface area contributed by atoms with Crippen molar-refractivity contribution in [3.63, 3.8) is 0 Å². The Morgan fingerprint density at radius 2 is 2.19 bits per heavy atom. The molecule has 0 bridgehead atoms. The SMILES string of the molecule is C[C@@H]1COCCN1c1cc([C@@H]2CCC[C@]3(C2)NC3(F)F)c2cnn(-c3ccn[nH]3)c2n1.